The maximum Gasteiger partial charge on any atom is 0.323 e. The number of aromatic amines is 2. The Morgan fingerprint density at radius 1 is 1.09 bits per heavy atom. The second kappa shape index (κ2) is 6.39. The fraction of sp³-hybridized carbons (Fsp3) is 0.235. The third kappa shape index (κ3) is 3.31. The van der Waals surface area contributed by atoms with Crippen molar-refractivity contribution in [3.8, 4) is 5.75 Å². The van der Waals surface area contributed by atoms with Crippen molar-refractivity contribution in [3.05, 3.63) is 58.5 Å². The molecule has 0 saturated carbocycles. The molecule has 0 spiro atoms. The van der Waals surface area contributed by atoms with E-state index in [1.165, 1.54) is 0 Å². The molecule has 0 amide bonds. The number of ether oxygens (including phenoxy) is 1. The van der Waals surface area contributed by atoms with E-state index in [0.29, 0.717) is 6.54 Å². The number of H-pyrrole nitrogens is 2. The van der Waals surface area contributed by atoms with Gasteiger partial charge in [0.2, 0.25) is 0 Å². The molecular weight excluding hydrogens is 278 g/mol. The van der Waals surface area contributed by atoms with Crippen LogP contribution in [-0.4, -0.2) is 16.6 Å². The molecule has 3 rings (SSSR count). The average molecular weight is 297 g/mol. The van der Waals surface area contributed by atoms with Gasteiger partial charge in [-0.3, -0.25) is 0 Å². The Bertz CT molecular complexity index is 820. The van der Waals surface area contributed by atoms with Crippen LogP contribution in [0.1, 0.15) is 18.9 Å². The molecule has 1 heterocycles. The summed E-state index contributed by atoms with van der Waals surface area (Å²) in [6, 6.07) is 13.8. The number of rotatable bonds is 6. The van der Waals surface area contributed by atoms with Crippen molar-refractivity contribution in [2.75, 3.05) is 11.9 Å². The summed E-state index contributed by atoms with van der Waals surface area (Å²) in [5.74, 6) is 0.895. The van der Waals surface area contributed by atoms with Gasteiger partial charge < -0.3 is 20.0 Å². The SMILES string of the molecule is CCCOc1cccc(CNc2ccc3[nH]c(=O)[nH]c3c2)c1. The first kappa shape index (κ1) is 14.3. The van der Waals surface area contributed by atoms with E-state index in [0.717, 1.165) is 41.1 Å². The summed E-state index contributed by atoms with van der Waals surface area (Å²) >= 11 is 0. The van der Waals surface area contributed by atoms with Gasteiger partial charge in [0.25, 0.3) is 0 Å². The van der Waals surface area contributed by atoms with Gasteiger partial charge in [-0.25, -0.2) is 4.79 Å². The van der Waals surface area contributed by atoms with Crippen LogP contribution in [0.5, 0.6) is 5.75 Å². The van der Waals surface area contributed by atoms with Crippen LogP contribution in [0.15, 0.2) is 47.3 Å². The molecule has 114 valence electrons. The molecule has 5 nitrogen and oxygen atoms in total. The van der Waals surface area contributed by atoms with E-state index in [1.807, 2.05) is 36.4 Å². The van der Waals surface area contributed by atoms with Gasteiger partial charge in [0.1, 0.15) is 5.75 Å². The Kier molecular flexibility index (Phi) is 4.14. The van der Waals surface area contributed by atoms with Crippen LogP contribution >= 0.6 is 0 Å². The highest BCUT2D eigenvalue weighted by atomic mass is 16.5. The lowest BCUT2D eigenvalue weighted by Gasteiger charge is -2.09. The number of hydrogen-bond acceptors (Lipinski definition) is 3. The minimum absolute atomic E-state index is 0.187. The molecule has 0 unspecified atom stereocenters. The third-order valence-electron chi connectivity index (χ3n) is 3.38. The first-order valence-electron chi connectivity index (χ1n) is 7.42. The van der Waals surface area contributed by atoms with Crippen molar-refractivity contribution in [1.29, 1.82) is 0 Å². The van der Waals surface area contributed by atoms with Gasteiger partial charge in [0, 0.05) is 12.2 Å². The largest absolute Gasteiger partial charge is 0.494 e. The molecule has 5 heteroatoms. The van der Waals surface area contributed by atoms with Crippen LogP contribution in [0.3, 0.4) is 0 Å². The topological polar surface area (TPSA) is 69.9 Å². The van der Waals surface area contributed by atoms with Crippen molar-refractivity contribution in [3.63, 3.8) is 0 Å². The van der Waals surface area contributed by atoms with Crippen LogP contribution in [0.4, 0.5) is 5.69 Å². The number of imidazole rings is 1. The van der Waals surface area contributed by atoms with E-state index in [1.54, 1.807) is 0 Å². The summed E-state index contributed by atoms with van der Waals surface area (Å²) in [6.07, 6.45) is 0.997. The Morgan fingerprint density at radius 3 is 2.82 bits per heavy atom. The van der Waals surface area contributed by atoms with Gasteiger partial charge in [-0.1, -0.05) is 19.1 Å². The van der Waals surface area contributed by atoms with E-state index in [-0.39, 0.29) is 5.69 Å². The zero-order chi connectivity index (χ0) is 15.4. The molecule has 0 aliphatic heterocycles. The highest BCUT2D eigenvalue weighted by Crippen LogP contribution is 2.17. The highest BCUT2D eigenvalue weighted by Gasteiger charge is 2.01. The quantitative estimate of drug-likeness (QED) is 0.654. The van der Waals surface area contributed by atoms with Gasteiger partial charge in [0.15, 0.2) is 0 Å². The van der Waals surface area contributed by atoms with Gasteiger partial charge in [-0.15, -0.1) is 0 Å². The van der Waals surface area contributed by atoms with Gasteiger partial charge in [-0.05, 0) is 42.3 Å². The monoisotopic (exact) mass is 297 g/mol. The van der Waals surface area contributed by atoms with E-state index in [2.05, 4.69) is 28.3 Å². The number of aromatic nitrogens is 2. The maximum absolute atomic E-state index is 11.3. The zero-order valence-electron chi connectivity index (χ0n) is 12.5. The van der Waals surface area contributed by atoms with Gasteiger partial charge in [0.05, 0.1) is 17.6 Å². The summed E-state index contributed by atoms with van der Waals surface area (Å²) in [5.41, 5.74) is 3.53. The summed E-state index contributed by atoms with van der Waals surface area (Å²) < 4.78 is 5.64. The summed E-state index contributed by atoms with van der Waals surface area (Å²) in [7, 11) is 0. The minimum atomic E-state index is -0.187. The highest BCUT2D eigenvalue weighted by molar-refractivity contribution is 5.78. The van der Waals surface area contributed by atoms with E-state index in [4.69, 9.17) is 4.74 Å². The van der Waals surface area contributed by atoms with Gasteiger partial charge in [-0.2, -0.15) is 0 Å². The molecule has 0 aliphatic rings. The van der Waals surface area contributed by atoms with E-state index < -0.39 is 0 Å². The number of fused-ring (bicyclic) bond motifs is 1. The molecule has 0 fully saturated rings. The third-order valence-corrected chi connectivity index (χ3v) is 3.38. The van der Waals surface area contributed by atoms with Crippen LogP contribution < -0.4 is 15.7 Å². The van der Waals surface area contributed by atoms with Crippen LogP contribution in [0, 0.1) is 0 Å². The lowest BCUT2D eigenvalue weighted by Crippen LogP contribution is -2.01. The Morgan fingerprint density at radius 2 is 1.95 bits per heavy atom. The lowest BCUT2D eigenvalue weighted by molar-refractivity contribution is 0.317. The lowest BCUT2D eigenvalue weighted by atomic mass is 10.2. The van der Waals surface area contributed by atoms with Crippen molar-refractivity contribution in [2.24, 2.45) is 0 Å². The fourth-order valence-electron chi connectivity index (χ4n) is 2.31. The van der Waals surface area contributed by atoms with E-state index >= 15 is 0 Å². The molecular formula is C17H19N3O2. The molecule has 3 aromatic rings. The average Bonchev–Trinajstić information content (AvgIpc) is 2.90. The zero-order valence-corrected chi connectivity index (χ0v) is 12.5. The second-order valence-corrected chi connectivity index (χ2v) is 5.19. The van der Waals surface area contributed by atoms with Crippen molar-refractivity contribution < 1.29 is 4.74 Å². The molecule has 22 heavy (non-hydrogen) atoms. The first-order chi connectivity index (χ1) is 10.7. The number of nitrogens with one attached hydrogen (secondary N) is 3. The number of anilines is 1. The molecule has 0 radical (unpaired) electrons. The summed E-state index contributed by atoms with van der Waals surface area (Å²) in [4.78, 5) is 16.7. The number of hydrogen-bond donors (Lipinski definition) is 3. The molecule has 1 aromatic heterocycles. The van der Waals surface area contributed by atoms with Crippen molar-refractivity contribution in [1.82, 2.24) is 9.97 Å². The number of benzene rings is 2. The Hall–Kier alpha value is -2.69. The van der Waals surface area contributed by atoms with Crippen LogP contribution in [0.25, 0.3) is 11.0 Å². The molecule has 0 atom stereocenters. The first-order valence-corrected chi connectivity index (χ1v) is 7.42. The molecule has 2 aromatic carbocycles. The molecule has 0 bridgehead atoms. The minimum Gasteiger partial charge on any atom is -0.494 e. The molecule has 0 saturated heterocycles. The van der Waals surface area contributed by atoms with Crippen molar-refractivity contribution >= 4 is 16.7 Å². The molecule has 0 aliphatic carbocycles. The Labute approximate surface area is 128 Å². The smallest absolute Gasteiger partial charge is 0.323 e. The predicted octanol–water partition coefficient (Wildman–Crippen LogP) is 3.26. The maximum atomic E-state index is 11.3. The van der Waals surface area contributed by atoms with Crippen molar-refractivity contribution in [2.45, 2.75) is 19.9 Å². The predicted molar refractivity (Wildman–Crippen MR) is 88.5 cm³/mol. The molecule has 3 N–H and O–H groups in total. The van der Waals surface area contributed by atoms with E-state index in [9.17, 15) is 4.79 Å². The van der Waals surface area contributed by atoms with Gasteiger partial charge >= 0.3 is 5.69 Å². The van der Waals surface area contributed by atoms with Crippen LogP contribution in [0.2, 0.25) is 0 Å². The van der Waals surface area contributed by atoms with Crippen LogP contribution in [-0.2, 0) is 6.54 Å². The fourth-order valence-corrected chi connectivity index (χ4v) is 2.31. The normalized spacial score (nSPS) is 10.8. The standard InChI is InChI=1S/C17H19N3O2/c1-2-8-22-14-5-3-4-12(9-14)11-18-13-6-7-15-16(10-13)20-17(21)19-15/h3-7,9-10,18H,2,8,11H2,1H3,(H2,19,20,21). The Balaban J connectivity index is 1.69. The summed E-state index contributed by atoms with van der Waals surface area (Å²) in [6.45, 7) is 3.52. The summed E-state index contributed by atoms with van der Waals surface area (Å²) in [5, 5.41) is 3.35. The second-order valence-electron chi connectivity index (χ2n) is 5.19.